The number of aryl methyl sites for hydroxylation is 2. The van der Waals surface area contributed by atoms with Crippen molar-refractivity contribution in [2.45, 2.75) is 19.8 Å². The molecular formula is C17H20N2O3S. The van der Waals surface area contributed by atoms with E-state index in [1.54, 1.807) is 24.3 Å². The van der Waals surface area contributed by atoms with Gasteiger partial charge in [0, 0.05) is 17.8 Å². The molecule has 0 bridgehead atoms. The van der Waals surface area contributed by atoms with E-state index in [2.05, 4.69) is 16.1 Å². The van der Waals surface area contributed by atoms with Crippen molar-refractivity contribution in [3.8, 4) is 0 Å². The van der Waals surface area contributed by atoms with E-state index in [-0.39, 0.29) is 5.91 Å². The van der Waals surface area contributed by atoms with Gasteiger partial charge in [-0.2, -0.15) is 0 Å². The van der Waals surface area contributed by atoms with E-state index in [0.29, 0.717) is 24.2 Å². The third kappa shape index (κ3) is 6.12. The number of carbonyl (C=O) groups excluding carboxylic acids is 1. The monoisotopic (exact) mass is 332 g/mol. The van der Waals surface area contributed by atoms with Crippen molar-refractivity contribution in [2.24, 2.45) is 0 Å². The first-order chi connectivity index (χ1) is 10.8. The number of sulfonamides is 1. The summed E-state index contributed by atoms with van der Waals surface area (Å²) in [6, 6.07) is 14.6. The van der Waals surface area contributed by atoms with E-state index in [4.69, 9.17) is 0 Å². The Labute approximate surface area is 136 Å². The van der Waals surface area contributed by atoms with Gasteiger partial charge in [0.15, 0.2) is 0 Å². The highest BCUT2D eigenvalue weighted by atomic mass is 32.2. The minimum absolute atomic E-state index is 0.0738. The number of hydrogen-bond acceptors (Lipinski definition) is 3. The van der Waals surface area contributed by atoms with Crippen LogP contribution in [0.25, 0.3) is 0 Å². The Bertz CT molecular complexity index is 784. The molecule has 0 heterocycles. The van der Waals surface area contributed by atoms with E-state index in [0.717, 1.165) is 11.8 Å². The zero-order valence-corrected chi connectivity index (χ0v) is 14.0. The maximum absolute atomic E-state index is 12.0. The summed E-state index contributed by atoms with van der Waals surface area (Å²) in [4.78, 5) is 12.0. The second kappa shape index (κ2) is 7.28. The Kier molecular flexibility index (Phi) is 5.39. The lowest BCUT2D eigenvalue weighted by atomic mass is 10.1. The van der Waals surface area contributed by atoms with Crippen molar-refractivity contribution in [1.29, 1.82) is 0 Å². The SMILES string of the molecule is Cc1cccc(CCC(=O)Nc2ccc(NS(C)(=O)=O)cc2)c1. The van der Waals surface area contributed by atoms with Crippen molar-refractivity contribution in [3.05, 3.63) is 59.7 Å². The molecule has 0 spiro atoms. The molecule has 23 heavy (non-hydrogen) atoms. The summed E-state index contributed by atoms with van der Waals surface area (Å²) in [5, 5.41) is 2.80. The quantitative estimate of drug-likeness (QED) is 0.854. The second-order valence-electron chi connectivity index (χ2n) is 5.49. The Morgan fingerprint density at radius 1 is 1.04 bits per heavy atom. The highest BCUT2D eigenvalue weighted by molar-refractivity contribution is 7.92. The summed E-state index contributed by atoms with van der Waals surface area (Å²) in [5.74, 6) is -0.0738. The van der Waals surface area contributed by atoms with Gasteiger partial charge in [0.25, 0.3) is 0 Å². The van der Waals surface area contributed by atoms with Crippen molar-refractivity contribution in [2.75, 3.05) is 16.3 Å². The number of hydrogen-bond donors (Lipinski definition) is 2. The molecule has 6 heteroatoms. The van der Waals surface area contributed by atoms with Crippen LogP contribution in [0.2, 0.25) is 0 Å². The number of nitrogens with one attached hydrogen (secondary N) is 2. The molecule has 122 valence electrons. The van der Waals surface area contributed by atoms with Crippen LogP contribution in [0.5, 0.6) is 0 Å². The van der Waals surface area contributed by atoms with Crippen molar-refractivity contribution >= 4 is 27.3 Å². The van der Waals surface area contributed by atoms with Gasteiger partial charge in [-0.05, 0) is 43.2 Å². The largest absolute Gasteiger partial charge is 0.326 e. The van der Waals surface area contributed by atoms with Crippen LogP contribution >= 0.6 is 0 Å². The van der Waals surface area contributed by atoms with Crippen LogP contribution in [0, 0.1) is 6.92 Å². The maximum atomic E-state index is 12.0. The molecule has 5 nitrogen and oxygen atoms in total. The zero-order chi connectivity index (χ0) is 16.9. The van der Waals surface area contributed by atoms with E-state index in [9.17, 15) is 13.2 Å². The smallest absolute Gasteiger partial charge is 0.229 e. The molecule has 0 aliphatic carbocycles. The van der Waals surface area contributed by atoms with E-state index < -0.39 is 10.0 Å². The number of anilines is 2. The van der Waals surface area contributed by atoms with Gasteiger partial charge in [0.1, 0.15) is 0 Å². The average molecular weight is 332 g/mol. The summed E-state index contributed by atoms with van der Waals surface area (Å²) in [6.45, 7) is 2.02. The van der Waals surface area contributed by atoms with Crippen LogP contribution in [0.4, 0.5) is 11.4 Å². The molecule has 0 saturated carbocycles. The first kappa shape index (κ1) is 17.0. The second-order valence-corrected chi connectivity index (χ2v) is 7.24. The summed E-state index contributed by atoms with van der Waals surface area (Å²) >= 11 is 0. The van der Waals surface area contributed by atoms with Gasteiger partial charge in [-0.3, -0.25) is 9.52 Å². The molecule has 0 unspecified atom stereocenters. The van der Waals surface area contributed by atoms with Gasteiger partial charge in [0.05, 0.1) is 6.26 Å². The van der Waals surface area contributed by atoms with Crippen LogP contribution < -0.4 is 10.0 Å². The number of amides is 1. The fourth-order valence-electron chi connectivity index (χ4n) is 2.18. The van der Waals surface area contributed by atoms with Gasteiger partial charge in [0.2, 0.25) is 15.9 Å². The minimum Gasteiger partial charge on any atom is -0.326 e. The lowest BCUT2D eigenvalue weighted by Gasteiger charge is -2.08. The number of carbonyl (C=O) groups is 1. The van der Waals surface area contributed by atoms with Crippen LogP contribution in [0.1, 0.15) is 17.5 Å². The predicted molar refractivity (Wildman–Crippen MR) is 93.0 cm³/mol. The third-order valence-corrected chi connectivity index (χ3v) is 3.80. The normalized spacial score (nSPS) is 11.0. The molecule has 2 rings (SSSR count). The van der Waals surface area contributed by atoms with Crippen LogP contribution in [-0.2, 0) is 21.2 Å². The first-order valence-corrected chi connectivity index (χ1v) is 9.14. The van der Waals surface area contributed by atoms with Gasteiger partial charge in [-0.25, -0.2) is 8.42 Å². The molecular weight excluding hydrogens is 312 g/mol. The molecule has 2 aromatic rings. The third-order valence-electron chi connectivity index (χ3n) is 3.20. The molecule has 0 fully saturated rings. The number of benzene rings is 2. The zero-order valence-electron chi connectivity index (χ0n) is 13.2. The van der Waals surface area contributed by atoms with Crippen LogP contribution in [0.3, 0.4) is 0 Å². The van der Waals surface area contributed by atoms with E-state index in [1.807, 2.05) is 25.1 Å². The molecule has 2 N–H and O–H groups in total. The molecule has 0 aromatic heterocycles. The highest BCUT2D eigenvalue weighted by Gasteiger charge is 2.05. The lowest BCUT2D eigenvalue weighted by Crippen LogP contribution is -2.13. The van der Waals surface area contributed by atoms with Crippen LogP contribution in [0.15, 0.2) is 48.5 Å². The molecule has 1 amide bonds. The maximum Gasteiger partial charge on any atom is 0.229 e. The lowest BCUT2D eigenvalue weighted by molar-refractivity contribution is -0.116. The van der Waals surface area contributed by atoms with Gasteiger partial charge in [-0.15, -0.1) is 0 Å². The molecule has 0 aliphatic rings. The fraction of sp³-hybridized carbons (Fsp3) is 0.235. The Morgan fingerprint density at radius 3 is 2.30 bits per heavy atom. The first-order valence-electron chi connectivity index (χ1n) is 7.25. The summed E-state index contributed by atoms with van der Waals surface area (Å²) in [6.07, 6.45) is 2.17. The summed E-state index contributed by atoms with van der Waals surface area (Å²) in [7, 11) is -3.29. The topological polar surface area (TPSA) is 75.3 Å². The Balaban J connectivity index is 1.87. The standard InChI is InChI=1S/C17H20N2O3S/c1-13-4-3-5-14(12-13)6-11-17(20)18-15-7-9-16(10-8-15)19-23(2,21)22/h3-5,7-10,12,19H,6,11H2,1-2H3,(H,18,20). The minimum atomic E-state index is -3.29. The van der Waals surface area contributed by atoms with Crippen molar-refractivity contribution in [1.82, 2.24) is 0 Å². The predicted octanol–water partition coefficient (Wildman–Crippen LogP) is 2.94. The number of rotatable bonds is 6. The van der Waals surface area contributed by atoms with Gasteiger partial charge in [-0.1, -0.05) is 29.8 Å². The van der Waals surface area contributed by atoms with Gasteiger partial charge < -0.3 is 5.32 Å². The highest BCUT2D eigenvalue weighted by Crippen LogP contribution is 2.15. The van der Waals surface area contributed by atoms with E-state index in [1.165, 1.54) is 5.56 Å². The fourth-order valence-corrected chi connectivity index (χ4v) is 2.75. The van der Waals surface area contributed by atoms with Crippen LogP contribution in [-0.4, -0.2) is 20.6 Å². The molecule has 0 atom stereocenters. The summed E-state index contributed by atoms with van der Waals surface area (Å²) < 4.78 is 24.6. The molecule has 0 radical (unpaired) electrons. The van der Waals surface area contributed by atoms with E-state index >= 15 is 0 Å². The Hall–Kier alpha value is -2.34. The average Bonchev–Trinajstić information content (AvgIpc) is 2.46. The summed E-state index contributed by atoms with van der Waals surface area (Å²) in [5.41, 5.74) is 3.41. The molecule has 0 saturated heterocycles. The Morgan fingerprint density at radius 2 is 1.70 bits per heavy atom. The molecule has 2 aromatic carbocycles. The molecule has 0 aliphatic heterocycles. The van der Waals surface area contributed by atoms with Crippen molar-refractivity contribution in [3.63, 3.8) is 0 Å². The van der Waals surface area contributed by atoms with Gasteiger partial charge >= 0.3 is 0 Å². The van der Waals surface area contributed by atoms with Crippen molar-refractivity contribution < 1.29 is 13.2 Å².